The number of hydrogen-bond acceptors (Lipinski definition) is 2. The minimum atomic E-state index is 0. The maximum Gasteiger partial charge on any atom is 2.00 e. The Bertz CT molecular complexity index is 152. The molecule has 3 heteroatoms. The van der Waals surface area contributed by atoms with E-state index in [4.69, 9.17) is 10.2 Å². The molecule has 2 nitrogen and oxygen atoms in total. The van der Waals surface area contributed by atoms with Gasteiger partial charge in [-0.3, -0.25) is 0 Å². The molecule has 0 saturated carbocycles. The van der Waals surface area contributed by atoms with Crippen molar-refractivity contribution in [2.75, 3.05) is 14.2 Å². The fourth-order valence-electron chi connectivity index (χ4n) is 0.786. The molecule has 0 bridgehead atoms. The van der Waals surface area contributed by atoms with Crippen LogP contribution in [0.4, 0.5) is 0 Å². The molecule has 15 heavy (non-hydrogen) atoms. The van der Waals surface area contributed by atoms with Gasteiger partial charge in [0.15, 0.2) is 0 Å². The van der Waals surface area contributed by atoms with E-state index in [-0.39, 0.29) is 26.2 Å². The fraction of sp³-hybridized carbons (Fsp3) is 0.333. The minimum Gasteiger partial charge on any atom is -0.857 e. The van der Waals surface area contributed by atoms with Gasteiger partial charge in [-0.25, -0.2) is 0 Å². The van der Waals surface area contributed by atoms with Crippen molar-refractivity contribution in [3.05, 3.63) is 48.6 Å². The van der Waals surface area contributed by atoms with Crippen LogP contribution in [0.15, 0.2) is 48.6 Å². The third-order valence-corrected chi connectivity index (χ3v) is 1.31. The van der Waals surface area contributed by atoms with E-state index in [2.05, 4.69) is 48.6 Å². The zero-order valence-electron chi connectivity index (χ0n) is 9.35. The first-order chi connectivity index (χ1) is 7.00. The quantitative estimate of drug-likeness (QED) is 0.665. The Kier molecular flexibility index (Phi) is 31.7. The van der Waals surface area contributed by atoms with Gasteiger partial charge in [-0.2, -0.15) is 14.2 Å². The van der Waals surface area contributed by atoms with E-state index in [9.17, 15) is 0 Å². The van der Waals surface area contributed by atoms with E-state index in [0.717, 1.165) is 27.1 Å². The van der Waals surface area contributed by atoms with Crippen LogP contribution in [0.5, 0.6) is 0 Å². The molecular weight excluding hydrogens is 267 g/mol. The van der Waals surface area contributed by atoms with Crippen LogP contribution in [0.25, 0.3) is 0 Å². The Morgan fingerprint density at radius 3 is 0.867 bits per heavy atom. The second kappa shape index (κ2) is 23.5. The Hall–Kier alpha value is -0.237. The molecule has 0 unspecified atom stereocenters. The Morgan fingerprint density at radius 1 is 0.600 bits per heavy atom. The van der Waals surface area contributed by atoms with Crippen molar-refractivity contribution in [2.45, 2.75) is 12.8 Å². The van der Waals surface area contributed by atoms with Crippen LogP contribution < -0.4 is 10.2 Å². The SMILES string of the molecule is C1=CCC=C1.C1=CCC=C1.C[O-].C[O-].[Zr+2]. The van der Waals surface area contributed by atoms with Gasteiger partial charge in [-0.15, -0.1) is 0 Å². The van der Waals surface area contributed by atoms with Gasteiger partial charge in [0.25, 0.3) is 0 Å². The summed E-state index contributed by atoms with van der Waals surface area (Å²) in [4.78, 5) is 0. The molecule has 0 spiro atoms. The van der Waals surface area contributed by atoms with Crippen LogP contribution in [-0.2, 0) is 26.2 Å². The largest absolute Gasteiger partial charge is 2.00 e. The predicted octanol–water partition coefficient (Wildman–Crippen LogP) is 0.955. The maximum atomic E-state index is 8.25. The van der Waals surface area contributed by atoms with Gasteiger partial charge >= 0.3 is 26.2 Å². The van der Waals surface area contributed by atoms with E-state index in [1.165, 1.54) is 0 Å². The molecule has 0 aliphatic heterocycles. The topological polar surface area (TPSA) is 46.1 Å². The molecule has 0 amide bonds. The van der Waals surface area contributed by atoms with E-state index < -0.39 is 0 Å². The molecule has 2 rings (SSSR count). The van der Waals surface area contributed by atoms with Gasteiger partial charge in [0.2, 0.25) is 0 Å². The van der Waals surface area contributed by atoms with Crippen molar-refractivity contribution in [2.24, 2.45) is 0 Å². The Balaban J connectivity index is -0.000000138. The molecule has 0 N–H and O–H groups in total. The van der Waals surface area contributed by atoms with Gasteiger partial charge in [0.05, 0.1) is 0 Å². The summed E-state index contributed by atoms with van der Waals surface area (Å²) in [5, 5.41) is 16.5. The van der Waals surface area contributed by atoms with Crippen LogP contribution in [0.3, 0.4) is 0 Å². The van der Waals surface area contributed by atoms with E-state index in [1.807, 2.05) is 0 Å². The zero-order valence-corrected chi connectivity index (χ0v) is 11.8. The molecule has 0 atom stereocenters. The molecule has 0 saturated heterocycles. The van der Waals surface area contributed by atoms with Crippen LogP contribution in [-0.4, -0.2) is 14.2 Å². The van der Waals surface area contributed by atoms with E-state index in [1.54, 1.807) is 0 Å². The van der Waals surface area contributed by atoms with E-state index >= 15 is 0 Å². The van der Waals surface area contributed by atoms with Crippen molar-refractivity contribution < 1.29 is 36.4 Å². The predicted molar refractivity (Wildman–Crippen MR) is 57.6 cm³/mol. The summed E-state index contributed by atoms with van der Waals surface area (Å²) in [5.41, 5.74) is 0. The monoisotopic (exact) mass is 284 g/mol. The number of allylic oxidation sites excluding steroid dienone is 8. The molecule has 0 aromatic carbocycles. The zero-order chi connectivity index (χ0) is 11.1. The molecule has 0 heterocycles. The summed E-state index contributed by atoms with van der Waals surface area (Å²) < 4.78 is 0. The Morgan fingerprint density at radius 2 is 0.800 bits per heavy atom. The van der Waals surface area contributed by atoms with Crippen molar-refractivity contribution in [1.82, 2.24) is 0 Å². The second-order valence-corrected chi connectivity index (χ2v) is 2.18. The molecule has 0 aromatic heterocycles. The van der Waals surface area contributed by atoms with Crippen LogP contribution >= 0.6 is 0 Å². The van der Waals surface area contributed by atoms with E-state index in [0.29, 0.717) is 0 Å². The van der Waals surface area contributed by atoms with Gasteiger partial charge in [-0.1, -0.05) is 48.6 Å². The molecule has 0 fully saturated rings. The summed E-state index contributed by atoms with van der Waals surface area (Å²) in [7, 11) is 1.50. The average molecular weight is 285 g/mol. The normalized spacial score (nSPS) is 12.5. The van der Waals surface area contributed by atoms with Crippen molar-refractivity contribution in [1.29, 1.82) is 0 Å². The van der Waals surface area contributed by atoms with Gasteiger partial charge in [0, 0.05) is 0 Å². The smallest absolute Gasteiger partial charge is 0.857 e. The van der Waals surface area contributed by atoms with Crippen LogP contribution in [0.2, 0.25) is 0 Å². The summed E-state index contributed by atoms with van der Waals surface area (Å²) in [6.45, 7) is 0. The molecule has 2 aliphatic carbocycles. The van der Waals surface area contributed by atoms with Crippen molar-refractivity contribution >= 4 is 0 Å². The first-order valence-corrected chi connectivity index (χ1v) is 4.45. The number of rotatable bonds is 0. The summed E-state index contributed by atoms with van der Waals surface area (Å²) in [6, 6.07) is 0. The third-order valence-electron chi connectivity index (χ3n) is 1.31. The number of hydrogen-bond donors (Lipinski definition) is 0. The first kappa shape index (κ1) is 20.2. The molecule has 2 aliphatic rings. The average Bonchev–Trinajstić information content (AvgIpc) is 3.01. The van der Waals surface area contributed by atoms with Gasteiger partial charge in [-0.05, 0) is 12.8 Å². The summed E-state index contributed by atoms with van der Waals surface area (Å²) in [5.74, 6) is 0. The standard InChI is InChI=1S/2C5H6.2CH3O.Zr/c2*1-2-4-5-3-1;2*1-2;/h2*1-4H,5H2;2*1H3;/q;;2*-1;+2. The fourth-order valence-corrected chi connectivity index (χ4v) is 0.786. The van der Waals surface area contributed by atoms with Gasteiger partial charge in [0.1, 0.15) is 0 Å². The van der Waals surface area contributed by atoms with Crippen LogP contribution in [0, 0.1) is 0 Å². The van der Waals surface area contributed by atoms with Crippen LogP contribution in [0.1, 0.15) is 12.8 Å². The second-order valence-electron chi connectivity index (χ2n) is 2.18. The molecule has 0 radical (unpaired) electrons. The summed E-state index contributed by atoms with van der Waals surface area (Å²) >= 11 is 0. The molecular formula is C12H18O2Zr. The maximum absolute atomic E-state index is 8.25. The van der Waals surface area contributed by atoms with Gasteiger partial charge < -0.3 is 10.2 Å². The minimum absolute atomic E-state index is 0. The van der Waals surface area contributed by atoms with Crippen molar-refractivity contribution in [3.8, 4) is 0 Å². The Labute approximate surface area is 112 Å². The first-order valence-electron chi connectivity index (χ1n) is 4.45. The summed E-state index contributed by atoms with van der Waals surface area (Å²) in [6.07, 6.45) is 19.0. The molecule has 0 aromatic rings. The van der Waals surface area contributed by atoms with Crippen molar-refractivity contribution in [3.63, 3.8) is 0 Å². The third kappa shape index (κ3) is 20.0. The molecule has 82 valence electrons.